The summed E-state index contributed by atoms with van der Waals surface area (Å²) < 4.78 is 6.78. The van der Waals surface area contributed by atoms with Crippen molar-refractivity contribution in [3.05, 3.63) is 21.3 Å². The summed E-state index contributed by atoms with van der Waals surface area (Å²) >= 11 is 2.17. The van der Waals surface area contributed by atoms with E-state index in [0.717, 1.165) is 15.7 Å². The fourth-order valence-electron chi connectivity index (χ4n) is 1.93. The summed E-state index contributed by atoms with van der Waals surface area (Å²) in [4.78, 5) is 0. The van der Waals surface area contributed by atoms with E-state index >= 15 is 0 Å². The highest BCUT2D eigenvalue weighted by molar-refractivity contribution is 14.1. The lowest BCUT2D eigenvalue weighted by Crippen LogP contribution is -2.13. The molecule has 4 heteroatoms. The number of rotatable bonds is 7. The lowest BCUT2D eigenvalue weighted by atomic mass is 10.0. The number of hydrogen-bond donors (Lipinski definition) is 1. The van der Waals surface area contributed by atoms with Gasteiger partial charge in [0.25, 0.3) is 0 Å². The van der Waals surface area contributed by atoms with Gasteiger partial charge in [-0.3, -0.25) is 0 Å². The third-order valence-corrected chi connectivity index (χ3v) is 4.01. The van der Waals surface area contributed by atoms with Gasteiger partial charge in [0.2, 0.25) is 0 Å². The molecule has 1 aromatic carbocycles. The number of nitrogens with zero attached hydrogens (tertiary/aromatic N) is 1. The molecule has 2 N–H and O–H groups in total. The van der Waals surface area contributed by atoms with Crippen LogP contribution in [0.2, 0.25) is 0 Å². The third-order valence-electron chi connectivity index (χ3n) is 3.21. The van der Waals surface area contributed by atoms with Crippen molar-refractivity contribution in [1.82, 2.24) is 0 Å². The predicted molar refractivity (Wildman–Crippen MR) is 87.1 cm³/mol. The third kappa shape index (κ3) is 4.90. The van der Waals surface area contributed by atoms with Crippen molar-refractivity contribution in [3.8, 4) is 11.8 Å². The van der Waals surface area contributed by atoms with Gasteiger partial charge >= 0.3 is 0 Å². The number of hydrogen-bond acceptors (Lipinski definition) is 3. The molecule has 104 valence electrons. The van der Waals surface area contributed by atoms with Gasteiger partial charge in [-0.05, 0) is 47.1 Å². The van der Waals surface area contributed by atoms with Crippen LogP contribution in [-0.4, -0.2) is 6.61 Å². The minimum Gasteiger partial charge on any atom is -0.490 e. The smallest absolute Gasteiger partial charge is 0.155 e. The summed E-state index contributed by atoms with van der Waals surface area (Å²) in [5.74, 6) is 1.29. The first-order valence-electron chi connectivity index (χ1n) is 6.74. The van der Waals surface area contributed by atoms with Crippen LogP contribution in [-0.2, 0) is 0 Å². The van der Waals surface area contributed by atoms with Gasteiger partial charge in [-0.2, -0.15) is 5.26 Å². The number of benzene rings is 1. The van der Waals surface area contributed by atoms with E-state index in [9.17, 15) is 0 Å². The Labute approximate surface area is 129 Å². The average Bonchev–Trinajstić information content (AvgIpc) is 2.40. The monoisotopic (exact) mass is 372 g/mol. The minimum absolute atomic E-state index is 0.550. The van der Waals surface area contributed by atoms with Gasteiger partial charge in [0, 0.05) is 0 Å². The Balaban J connectivity index is 2.69. The lowest BCUT2D eigenvalue weighted by Gasteiger charge is -2.17. The summed E-state index contributed by atoms with van der Waals surface area (Å²) in [6.45, 7) is 5.09. The zero-order chi connectivity index (χ0) is 14.3. The topological polar surface area (TPSA) is 59.0 Å². The molecule has 0 bridgehead atoms. The summed E-state index contributed by atoms with van der Waals surface area (Å²) in [7, 11) is 0. The van der Waals surface area contributed by atoms with E-state index in [1.165, 1.54) is 19.3 Å². The molecule has 0 aromatic heterocycles. The van der Waals surface area contributed by atoms with Crippen LogP contribution < -0.4 is 10.5 Å². The first kappa shape index (κ1) is 16.1. The summed E-state index contributed by atoms with van der Waals surface area (Å²) in [6, 6.07) is 5.58. The van der Waals surface area contributed by atoms with Crippen LogP contribution in [0, 0.1) is 20.8 Å². The molecule has 3 nitrogen and oxygen atoms in total. The Morgan fingerprint density at radius 2 is 2.16 bits per heavy atom. The molecule has 1 unspecified atom stereocenters. The summed E-state index contributed by atoms with van der Waals surface area (Å²) in [5.41, 5.74) is 7.07. The predicted octanol–water partition coefficient (Wildman–Crippen LogP) is 4.34. The van der Waals surface area contributed by atoms with Crippen LogP contribution in [0.25, 0.3) is 0 Å². The van der Waals surface area contributed by atoms with Crippen LogP contribution in [0.15, 0.2) is 12.1 Å². The molecule has 19 heavy (non-hydrogen) atoms. The molecule has 0 radical (unpaired) electrons. The lowest BCUT2D eigenvalue weighted by molar-refractivity contribution is 0.233. The summed E-state index contributed by atoms with van der Waals surface area (Å²) in [5, 5.41) is 8.88. The van der Waals surface area contributed by atoms with E-state index in [0.29, 0.717) is 23.8 Å². The van der Waals surface area contributed by atoms with Gasteiger partial charge in [-0.15, -0.1) is 0 Å². The highest BCUT2D eigenvalue weighted by Crippen LogP contribution is 2.30. The fourth-order valence-corrected chi connectivity index (χ4v) is 2.73. The van der Waals surface area contributed by atoms with Crippen molar-refractivity contribution in [1.29, 1.82) is 5.26 Å². The zero-order valence-corrected chi connectivity index (χ0v) is 13.7. The summed E-state index contributed by atoms with van der Waals surface area (Å²) in [6.07, 6.45) is 4.77. The Bertz CT molecular complexity index is 431. The molecule has 0 fully saturated rings. The van der Waals surface area contributed by atoms with E-state index in [1.807, 2.05) is 0 Å². The minimum atomic E-state index is 0.550. The zero-order valence-electron chi connectivity index (χ0n) is 11.6. The Hall–Kier alpha value is -0.960. The van der Waals surface area contributed by atoms with Crippen LogP contribution in [0.4, 0.5) is 5.69 Å². The molecule has 0 aliphatic rings. The molecule has 0 aliphatic heterocycles. The fraction of sp³-hybridized carbons (Fsp3) is 0.533. The van der Waals surface area contributed by atoms with E-state index in [1.54, 1.807) is 12.1 Å². The number of nitrogens with two attached hydrogens (primary N) is 1. The van der Waals surface area contributed by atoms with Gasteiger partial charge in [-0.1, -0.05) is 33.1 Å². The molecular weight excluding hydrogens is 351 g/mol. The molecule has 0 aliphatic carbocycles. The van der Waals surface area contributed by atoms with Crippen LogP contribution in [0.3, 0.4) is 0 Å². The number of unbranched alkanes of at least 4 members (excludes halogenated alkanes) is 1. The Kier molecular flexibility index (Phi) is 7.00. The normalized spacial score (nSPS) is 11.9. The number of nitriles is 1. The van der Waals surface area contributed by atoms with Gasteiger partial charge in [0.1, 0.15) is 0 Å². The second kappa shape index (κ2) is 8.26. The van der Waals surface area contributed by atoms with E-state index in [4.69, 9.17) is 15.7 Å². The first-order chi connectivity index (χ1) is 9.12. The molecule has 0 saturated carbocycles. The van der Waals surface area contributed by atoms with E-state index in [2.05, 4.69) is 42.5 Å². The SMILES string of the molecule is CCCCC(CC)COc1c(N)cc(C#N)cc1I. The average molecular weight is 372 g/mol. The van der Waals surface area contributed by atoms with Crippen molar-refractivity contribution < 1.29 is 4.74 Å². The van der Waals surface area contributed by atoms with Gasteiger partial charge in [0.05, 0.1) is 27.5 Å². The van der Waals surface area contributed by atoms with E-state index < -0.39 is 0 Å². The Morgan fingerprint density at radius 1 is 1.42 bits per heavy atom. The number of ether oxygens (including phenoxy) is 1. The highest BCUT2D eigenvalue weighted by Gasteiger charge is 2.12. The first-order valence-corrected chi connectivity index (χ1v) is 7.82. The number of anilines is 1. The maximum Gasteiger partial charge on any atom is 0.155 e. The Morgan fingerprint density at radius 3 is 2.68 bits per heavy atom. The largest absolute Gasteiger partial charge is 0.490 e. The molecule has 1 aromatic rings. The van der Waals surface area contributed by atoms with Gasteiger partial charge in [-0.25, -0.2) is 0 Å². The molecule has 1 rings (SSSR count). The maximum absolute atomic E-state index is 8.88. The second-order valence-corrected chi connectivity index (χ2v) is 5.88. The standard InChI is InChI=1S/C15H21IN2O/c1-3-5-6-11(4-2)10-19-15-13(16)7-12(9-17)8-14(15)18/h7-8,11H,3-6,10,18H2,1-2H3. The van der Waals surface area contributed by atoms with Crippen LogP contribution in [0.1, 0.15) is 45.1 Å². The number of halogens is 1. The van der Waals surface area contributed by atoms with Gasteiger partial charge < -0.3 is 10.5 Å². The molecule has 0 spiro atoms. The molecule has 0 amide bonds. The second-order valence-electron chi connectivity index (χ2n) is 4.72. The van der Waals surface area contributed by atoms with Crippen molar-refractivity contribution in [2.75, 3.05) is 12.3 Å². The quantitative estimate of drug-likeness (QED) is 0.572. The van der Waals surface area contributed by atoms with Crippen LogP contribution in [0.5, 0.6) is 5.75 Å². The van der Waals surface area contributed by atoms with Crippen LogP contribution >= 0.6 is 22.6 Å². The molecule has 0 saturated heterocycles. The maximum atomic E-state index is 8.88. The van der Waals surface area contributed by atoms with Gasteiger partial charge in [0.15, 0.2) is 5.75 Å². The molecule has 1 atom stereocenters. The van der Waals surface area contributed by atoms with Crippen molar-refractivity contribution in [3.63, 3.8) is 0 Å². The highest BCUT2D eigenvalue weighted by atomic mass is 127. The van der Waals surface area contributed by atoms with Crippen molar-refractivity contribution >= 4 is 28.3 Å². The van der Waals surface area contributed by atoms with E-state index in [-0.39, 0.29) is 0 Å². The molecular formula is C15H21IN2O. The van der Waals surface area contributed by atoms with Crippen molar-refractivity contribution in [2.45, 2.75) is 39.5 Å². The van der Waals surface area contributed by atoms with Crippen molar-refractivity contribution in [2.24, 2.45) is 5.92 Å². The molecule has 0 heterocycles. The number of nitrogen functional groups attached to an aromatic ring is 1.